The molecule has 0 aromatic carbocycles. The van der Waals surface area contributed by atoms with E-state index in [9.17, 15) is 91.9 Å². The van der Waals surface area contributed by atoms with Gasteiger partial charge in [0.1, 0.15) is 153 Å². The largest absolute Gasteiger partial charge is 0.412 e. The Bertz CT molecular complexity index is 1860. The van der Waals surface area contributed by atoms with E-state index in [0.29, 0.717) is 0 Å². The first-order valence-corrected chi connectivity index (χ1v) is 26.1. The summed E-state index contributed by atoms with van der Waals surface area (Å²) in [5, 5.41) is 201. The van der Waals surface area contributed by atoms with Gasteiger partial charge in [-0.2, -0.15) is 0 Å². The molecule has 0 radical (unpaired) electrons. The molecule has 0 aromatic heterocycles. The highest BCUT2D eigenvalue weighted by Crippen LogP contribution is 2.39. The maximum atomic E-state index is 11.7. The molecule has 0 aromatic rings. The molecule has 0 aliphatic carbocycles. The van der Waals surface area contributed by atoms with E-state index in [-0.39, 0.29) is 24.2 Å². The van der Waals surface area contributed by atoms with Gasteiger partial charge < -0.3 is 164 Å². The number of hydrogen-bond acceptors (Lipinski definition) is 32. The average molecular weight is 1160 g/mol. The molecule has 21 heterocycles. The number of aliphatic hydroxyl groups excluding tert-OH is 18. The van der Waals surface area contributed by atoms with Crippen LogP contribution in [0.3, 0.4) is 0 Å². The van der Waals surface area contributed by atoms with Crippen LogP contribution in [0.2, 0.25) is 0 Å². The standard InChI is InChI=1S/C46H78O32.H2O/c1-5-13-34-20(52)27(59)41(66-13)76-37-17(9-49)70-45(31(63)24(37)56)78-39-18(10-50)71-46(32(64)25(39)57)77-38-16(8-48)68-43(29(61)22(38)54)72-33-12(4)65-40(26(58)19(33)51)75-36-15(7-47)69-44(30(62)23(36)55)74-35-14(6-11(2)3)67-42(73-34)28(60)21(35)53;/h11-64H,5-10H2,1-4H3;1H2. The Morgan fingerprint density at radius 2 is 0.481 bits per heavy atom. The molecule has 20 N–H and O–H groups in total. The fraction of sp³-hybridized carbons (Fsp3) is 1.00. The van der Waals surface area contributed by atoms with Crippen LogP contribution in [0.4, 0.5) is 0 Å². The Morgan fingerprint density at radius 1 is 0.278 bits per heavy atom. The fourth-order valence-corrected chi connectivity index (χ4v) is 11.1. The van der Waals surface area contributed by atoms with Crippen LogP contribution >= 0.6 is 0 Å². The summed E-state index contributed by atoms with van der Waals surface area (Å²) >= 11 is 0. The van der Waals surface area contributed by atoms with Crippen molar-refractivity contribution in [2.45, 2.75) is 255 Å². The molecular formula is C46H80O33. The maximum absolute atomic E-state index is 11.7. The minimum atomic E-state index is -2.15. The van der Waals surface area contributed by atoms with Gasteiger partial charge in [0.2, 0.25) is 0 Å². The van der Waals surface area contributed by atoms with Crippen molar-refractivity contribution in [1.82, 2.24) is 0 Å². The molecule has 79 heavy (non-hydrogen) atoms. The van der Waals surface area contributed by atoms with Gasteiger partial charge >= 0.3 is 0 Å². The third kappa shape index (κ3) is 13.1. The number of hydrogen-bond donors (Lipinski definition) is 18. The van der Waals surface area contributed by atoms with Crippen molar-refractivity contribution in [2.24, 2.45) is 5.92 Å². The van der Waals surface area contributed by atoms with E-state index in [0.717, 1.165) is 0 Å². The zero-order valence-corrected chi connectivity index (χ0v) is 43.3. The first-order chi connectivity index (χ1) is 37.0. The van der Waals surface area contributed by atoms with Crippen molar-refractivity contribution in [2.75, 3.05) is 26.4 Å². The fourth-order valence-electron chi connectivity index (χ4n) is 11.1. The molecule has 21 rings (SSSR count). The van der Waals surface area contributed by atoms with E-state index in [1.807, 2.05) is 0 Å². The van der Waals surface area contributed by atoms with Crippen LogP contribution in [-0.4, -0.2) is 339 Å². The number of aliphatic hydroxyl groups is 18. The van der Waals surface area contributed by atoms with E-state index < -0.39 is 241 Å². The quantitative estimate of drug-likeness (QED) is 0.113. The van der Waals surface area contributed by atoms with Crippen LogP contribution in [-0.2, 0) is 66.3 Å². The van der Waals surface area contributed by atoms with Crippen molar-refractivity contribution in [3.05, 3.63) is 0 Å². The summed E-state index contributed by atoms with van der Waals surface area (Å²) in [4.78, 5) is 0. The van der Waals surface area contributed by atoms with Crippen LogP contribution in [0.1, 0.15) is 40.5 Å². The second-order valence-corrected chi connectivity index (χ2v) is 21.3. The predicted molar refractivity (Wildman–Crippen MR) is 246 cm³/mol. The molecule has 35 unspecified atom stereocenters. The monoisotopic (exact) mass is 1160 g/mol. The molecule has 0 amide bonds. The van der Waals surface area contributed by atoms with Gasteiger partial charge in [-0.15, -0.1) is 0 Å². The maximum Gasteiger partial charge on any atom is 0.187 e. The van der Waals surface area contributed by atoms with E-state index in [2.05, 4.69) is 0 Å². The van der Waals surface area contributed by atoms with Gasteiger partial charge in [0.15, 0.2) is 44.0 Å². The molecule has 0 saturated carbocycles. The van der Waals surface area contributed by atoms with Crippen molar-refractivity contribution >= 4 is 0 Å². The Hall–Kier alpha value is -1.32. The van der Waals surface area contributed by atoms with Crippen molar-refractivity contribution in [3.8, 4) is 0 Å². The van der Waals surface area contributed by atoms with Crippen molar-refractivity contribution < 1.29 is 164 Å². The Kier molecular flexibility index (Phi) is 22.6. The van der Waals surface area contributed by atoms with Crippen LogP contribution in [0.15, 0.2) is 0 Å². The van der Waals surface area contributed by atoms with E-state index in [1.165, 1.54) is 6.92 Å². The van der Waals surface area contributed by atoms with Gasteiger partial charge in [-0.3, -0.25) is 0 Å². The summed E-state index contributed by atoms with van der Waals surface area (Å²) in [5.74, 6) is -0.212. The predicted octanol–water partition coefficient (Wildman–Crippen LogP) is -11.6. The van der Waals surface area contributed by atoms with Gasteiger partial charge in [0, 0.05) is 0 Å². The van der Waals surface area contributed by atoms with Crippen LogP contribution in [0.25, 0.3) is 0 Å². The molecule has 35 atom stereocenters. The van der Waals surface area contributed by atoms with E-state index in [1.54, 1.807) is 20.8 Å². The Balaban J connectivity index is 0.00000903. The van der Waals surface area contributed by atoms with Gasteiger partial charge in [-0.25, -0.2) is 0 Å². The lowest BCUT2D eigenvalue weighted by atomic mass is 9.91. The Labute approximate surface area is 450 Å². The number of rotatable bonds is 7. The molecule has 33 nitrogen and oxygen atoms in total. The van der Waals surface area contributed by atoms with Gasteiger partial charge in [0.25, 0.3) is 0 Å². The summed E-state index contributed by atoms with van der Waals surface area (Å²) in [6.45, 7) is 2.60. The summed E-state index contributed by atoms with van der Waals surface area (Å²) < 4.78 is 82.1. The molecule has 21 aliphatic heterocycles. The van der Waals surface area contributed by atoms with Crippen LogP contribution < -0.4 is 0 Å². The highest BCUT2D eigenvalue weighted by molar-refractivity contribution is 5.01. The smallest absolute Gasteiger partial charge is 0.187 e. The van der Waals surface area contributed by atoms with Gasteiger partial charge in [-0.05, 0) is 25.7 Å². The highest BCUT2D eigenvalue weighted by atomic mass is 16.8. The molecule has 21 aliphatic rings. The van der Waals surface area contributed by atoms with E-state index >= 15 is 0 Å². The Morgan fingerprint density at radius 3 is 0.734 bits per heavy atom. The zero-order chi connectivity index (χ0) is 56.9. The summed E-state index contributed by atoms with van der Waals surface area (Å²) in [5.41, 5.74) is 0. The van der Waals surface area contributed by atoms with Crippen molar-refractivity contribution in [3.63, 3.8) is 0 Å². The van der Waals surface area contributed by atoms with Crippen LogP contribution in [0.5, 0.6) is 0 Å². The second-order valence-electron chi connectivity index (χ2n) is 21.3. The normalized spacial score (nSPS) is 54.2. The summed E-state index contributed by atoms with van der Waals surface area (Å²) in [6, 6.07) is 0. The van der Waals surface area contributed by atoms with Crippen LogP contribution in [0, 0.1) is 5.92 Å². The third-order valence-corrected chi connectivity index (χ3v) is 15.5. The van der Waals surface area contributed by atoms with E-state index in [4.69, 9.17) is 66.3 Å². The lowest BCUT2D eigenvalue weighted by Gasteiger charge is -2.50. The summed E-state index contributed by atoms with van der Waals surface area (Å²) in [6.07, 6.45) is -63.9. The molecule has 0 spiro atoms. The molecule has 21 saturated heterocycles. The lowest BCUT2D eigenvalue weighted by molar-refractivity contribution is -0.395. The zero-order valence-electron chi connectivity index (χ0n) is 43.3. The molecule has 462 valence electrons. The highest BCUT2D eigenvalue weighted by Gasteiger charge is 2.59. The topological polar surface area (TPSA) is 525 Å². The average Bonchev–Trinajstić information content (AvgIpc) is 3.43. The summed E-state index contributed by atoms with van der Waals surface area (Å²) in [7, 11) is 0. The minimum absolute atomic E-state index is 0. The molecular weight excluding hydrogens is 1080 g/mol. The first kappa shape index (κ1) is 65.2. The lowest BCUT2D eigenvalue weighted by Crippen LogP contribution is -2.68. The van der Waals surface area contributed by atoms with Gasteiger partial charge in [-0.1, -0.05) is 20.8 Å². The van der Waals surface area contributed by atoms with Crippen molar-refractivity contribution in [1.29, 1.82) is 0 Å². The molecule has 33 heteroatoms. The molecule has 21 fully saturated rings. The third-order valence-electron chi connectivity index (χ3n) is 15.5. The SMILES string of the molecule is CCC1OC2OC3C(CO)OC(OC4C(CO)OC(OC5C(CO)OC(OC6C(C)OC(OC7C(CO)OC(OC8C(CC(C)C)OC(OC1C(O)C2O)C(O)C8O)C(O)C7O)C(O)C6O)C(O)C5O)C(O)C4O)C(O)C3O.O. The first-order valence-electron chi connectivity index (χ1n) is 26.1. The van der Waals surface area contributed by atoms with Gasteiger partial charge in [0.05, 0.1) is 44.7 Å². The molecule has 14 bridgehead atoms. The minimum Gasteiger partial charge on any atom is -0.412 e. The number of ether oxygens (including phenoxy) is 14. The second kappa shape index (κ2) is 27.4.